The highest BCUT2D eigenvalue weighted by Gasteiger charge is 2.14. The quantitative estimate of drug-likeness (QED) is 0.758. The van der Waals surface area contributed by atoms with Gasteiger partial charge in [0.1, 0.15) is 0 Å². The van der Waals surface area contributed by atoms with Gasteiger partial charge < -0.3 is 15.2 Å². The molecule has 4 nitrogen and oxygen atoms in total. The van der Waals surface area contributed by atoms with Gasteiger partial charge in [-0.2, -0.15) is 0 Å². The lowest BCUT2D eigenvalue weighted by molar-refractivity contribution is 0.528. The van der Waals surface area contributed by atoms with Crippen molar-refractivity contribution >= 4 is 34.1 Å². The molecule has 0 spiro atoms. The third-order valence-corrected chi connectivity index (χ3v) is 3.43. The van der Waals surface area contributed by atoms with Gasteiger partial charge in [-0.1, -0.05) is 0 Å². The van der Waals surface area contributed by atoms with Crippen LogP contribution in [0.1, 0.15) is 12.8 Å². The summed E-state index contributed by atoms with van der Waals surface area (Å²) >= 11 is 5.39. The van der Waals surface area contributed by atoms with Gasteiger partial charge in [-0.3, -0.25) is 0 Å². The molecule has 0 atom stereocenters. The van der Waals surface area contributed by atoms with Crippen molar-refractivity contribution < 1.29 is 0 Å². The van der Waals surface area contributed by atoms with Gasteiger partial charge in [-0.25, -0.2) is 4.98 Å². The highest BCUT2D eigenvalue weighted by molar-refractivity contribution is 7.80. The molecule has 5 heteroatoms. The predicted molar refractivity (Wildman–Crippen MR) is 73.1 cm³/mol. The number of hydrogen-bond acceptors (Lipinski definition) is 2. The van der Waals surface area contributed by atoms with Crippen LogP contribution in [0, 0.1) is 0 Å². The van der Waals surface area contributed by atoms with Gasteiger partial charge in [-0.15, -0.1) is 0 Å². The number of nitrogens with one attached hydrogen (secondary N) is 2. The summed E-state index contributed by atoms with van der Waals surface area (Å²) in [4.78, 5) is 9.50. The predicted octanol–water partition coefficient (Wildman–Crippen LogP) is 2.36. The average molecular weight is 246 g/mol. The summed E-state index contributed by atoms with van der Waals surface area (Å²) in [6, 6.07) is 6.02. The van der Waals surface area contributed by atoms with E-state index in [9.17, 15) is 0 Å². The van der Waals surface area contributed by atoms with E-state index >= 15 is 0 Å². The van der Waals surface area contributed by atoms with E-state index < -0.39 is 0 Å². The Morgan fingerprint density at radius 1 is 1.35 bits per heavy atom. The Bertz CT molecular complexity index is 542. The van der Waals surface area contributed by atoms with Crippen LogP contribution in [0.15, 0.2) is 24.5 Å². The van der Waals surface area contributed by atoms with Gasteiger partial charge in [-0.05, 0) is 43.3 Å². The highest BCUT2D eigenvalue weighted by Crippen LogP contribution is 2.17. The number of thiocarbonyl (C=S) groups is 1. The van der Waals surface area contributed by atoms with Gasteiger partial charge in [0, 0.05) is 18.8 Å². The van der Waals surface area contributed by atoms with E-state index in [1.165, 1.54) is 12.8 Å². The standard InChI is InChI=1S/C12H14N4S/c17-12(16-5-1-2-6-16)15-9-3-4-10-11(7-9)14-8-13-10/h3-4,7-8H,1-2,5-6H2,(H,13,14)(H,15,17). The summed E-state index contributed by atoms with van der Waals surface area (Å²) in [5.74, 6) is 0. The number of aromatic nitrogens is 2. The number of aromatic amines is 1. The summed E-state index contributed by atoms with van der Waals surface area (Å²) in [7, 11) is 0. The van der Waals surface area contributed by atoms with E-state index in [1.54, 1.807) is 6.33 Å². The van der Waals surface area contributed by atoms with Crippen molar-refractivity contribution in [3.05, 3.63) is 24.5 Å². The molecule has 2 aromatic rings. The minimum atomic E-state index is 0.821. The zero-order valence-electron chi connectivity index (χ0n) is 9.44. The Kier molecular flexibility index (Phi) is 2.68. The Balaban J connectivity index is 1.77. The van der Waals surface area contributed by atoms with Gasteiger partial charge in [0.05, 0.1) is 17.4 Å². The molecule has 0 bridgehead atoms. The molecule has 1 aromatic heterocycles. The number of H-pyrrole nitrogens is 1. The largest absolute Gasteiger partial charge is 0.349 e. The summed E-state index contributed by atoms with van der Waals surface area (Å²) in [5, 5.41) is 4.10. The first-order valence-electron chi connectivity index (χ1n) is 5.82. The molecule has 88 valence electrons. The van der Waals surface area contributed by atoms with Crippen molar-refractivity contribution in [2.75, 3.05) is 18.4 Å². The second-order valence-electron chi connectivity index (χ2n) is 4.26. The molecular weight excluding hydrogens is 232 g/mol. The van der Waals surface area contributed by atoms with Crippen LogP contribution in [-0.4, -0.2) is 33.1 Å². The van der Waals surface area contributed by atoms with Crippen LogP contribution in [0.25, 0.3) is 11.0 Å². The number of nitrogens with zero attached hydrogens (tertiary/aromatic N) is 2. The zero-order chi connectivity index (χ0) is 11.7. The van der Waals surface area contributed by atoms with Crippen molar-refractivity contribution in [1.29, 1.82) is 0 Å². The van der Waals surface area contributed by atoms with Crippen LogP contribution in [-0.2, 0) is 0 Å². The Labute approximate surface area is 105 Å². The Hall–Kier alpha value is -1.62. The molecule has 1 saturated heterocycles. The Morgan fingerprint density at radius 2 is 2.18 bits per heavy atom. The lowest BCUT2D eigenvalue weighted by Gasteiger charge is -2.19. The molecule has 1 aromatic carbocycles. The molecule has 0 radical (unpaired) electrons. The van der Waals surface area contributed by atoms with E-state index in [0.717, 1.165) is 34.9 Å². The van der Waals surface area contributed by atoms with Crippen molar-refractivity contribution in [2.45, 2.75) is 12.8 Å². The van der Waals surface area contributed by atoms with E-state index in [0.29, 0.717) is 0 Å². The second-order valence-corrected chi connectivity index (χ2v) is 4.65. The molecule has 1 aliphatic heterocycles. The molecule has 2 heterocycles. The molecule has 0 unspecified atom stereocenters. The third-order valence-electron chi connectivity index (χ3n) is 3.06. The molecule has 17 heavy (non-hydrogen) atoms. The van der Waals surface area contributed by atoms with Crippen LogP contribution in [0.4, 0.5) is 5.69 Å². The first-order valence-corrected chi connectivity index (χ1v) is 6.23. The van der Waals surface area contributed by atoms with Crippen molar-refractivity contribution in [2.24, 2.45) is 0 Å². The number of fused-ring (bicyclic) bond motifs is 1. The van der Waals surface area contributed by atoms with Crippen LogP contribution in [0.2, 0.25) is 0 Å². The summed E-state index contributed by atoms with van der Waals surface area (Å²) in [6.07, 6.45) is 4.18. The van der Waals surface area contributed by atoms with Crippen molar-refractivity contribution in [3.8, 4) is 0 Å². The van der Waals surface area contributed by atoms with Gasteiger partial charge in [0.25, 0.3) is 0 Å². The number of imidazole rings is 1. The van der Waals surface area contributed by atoms with Crippen LogP contribution < -0.4 is 5.32 Å². The first kappa shape index (κ1) is 10.5. The Morgan fingerprint density at radius 3 is 3.00 bits per heavy atom. The molecule has 0 aliphatic carbocycles. The topological polar surface area (TPSA) is 44.0 Å². The third kappa shape index (κ3) is 2.10. The maximum atomic E-state index is 5.39. The molecule has 0 amide bonds. The minimum Gasteiger partial charge on any atom is -0.349 e. The average Bonchev–Trinajstić information content (AvgIpc) is 2.99. The van der Waals surface area contributed by atoms with Crippen molar-refractivity contribution in [3.63, 3.8) is 0 Å². The fraction of sp³-hybridized carbons (Fsp3) is 0.333. The van der Waals surface area contributed by atoms with Crippen LogP contribution in [0.5, 0.6) is 0 Å². The summed E-state index contributed by atoms with van der Waals surface area (Å²) < 4.78 is 0. The maximum absolute atomic E-state index is 5.39. The summed E-state index contributed by atoms with van der Waals surface area (Å²) in [5.41, 5.74) is 3.01. The number of benzene rings is 1. The molecular formula is C12H14N4S. The molecule has 0 saturated carbocycles. The fourth-order valence-corrected chi connectivity index (χ4v) is 2.44. The first-order chi connectivity index (χ1) is 8.33. The lowest BCUT2D eigenvalue weighted by Crippen LogP contribution is -2.31. The second kappa shape index (κ2) is 4.33. The van der Waals surface area contributed by atoms with E-state index in [4.69, 9.17) is 12.2 Å². The monoisotopic (exact) mass is 246 g/mol. The highest BCUT2D eigenvalue weighted by atomic mass is 32.1. The zero-order valence-corrected chi connectivity index (χ0v) is 10.3. The van der Waals surface area contributed by atoms with Gasteiger partial charge >= 0.3 is 0 Å². The van der Waals surface area contributed by atoms with E-state index in [-0.39, 0.29) is 0 Å². The lowest BCUT2D eigenvalue weighted by atomic mass is 10.3. The van der Waals surface area contributed by atoms with Crippen LogP contribution >= 0.6 is 12.2 Å². The van der Waals surface area contributed by atoms with Gasteiger partial charge in [0.15, 0.2) is 5.11 Å². The normalized spacial score (nSPS) is 15.4. The SMILES string of the molecule is S=C(Nc1ccc2nc[nH]c2c1)N1CCCC1. The van der Waals surface area contributed by atoms with E-state index in [1.807, 2.05) is 18.2 Å². The number of likely N-dealkylation sites (tertiary alicyclic amines) is 1. The maximum Gasteiger partial charge on any atom is 0.173 e. The molecule has 1 aliphatic rings. The molecule has 3 rings (SSSR count). The number of rotatable bonds is 1. The molecule has 1 fully saturated rings. The van der Waals surface area contributed by atoms with Gasteiger partial charge in [0.2, 0.25) is 0 Å². The summed E-state index contributed by atoms with van der Waals surface area (Å²) in [6.45, 7) is 2.14. The van der Waals surface area contributed by atoms with Crippen LogP contribution in [0.3, 0.4) is 0 Å². The van der Waals surface area contributed by atoms with E-state index in [2.05, 4.69) is 20.2 Å². The molecule has 2 N–H and O–H groups in total. The smallest absolute Gasteiger partial charge is 0.173 e. The fourth-order valence-electron chi connectivity index (χ4n) is 2.14. The number of anilines is 1. The number of hydrogen-bond donors (Lipinski definition) is 2. The minimum absolute atomic E-state index is 0.821. The van der Waals surface area contributed by atoms with Crippen molar-refractivity contribution in [1.82, 2.24) is 14.9 Å².